The molecule has 6 rings (SSSR count). The zero-order valence-corrected chi connectivity index (χ0v) is 18.2. The van der Waals surface area contributed by atoms with Crippen molar-refractivity contribution in [3.8, 4) is 0 Å². The lowest BCUT2D eigenvalue weighted by atomic mass is 9.85. The third-order valence-corrected chi connectivity index (χ3v) is 8.79. The molecule has 2 amide bonds. The van der Waals surface area contributed by atoms with E-state index in [4.69, 9.17) is 14.5 Å². The number of allylic oxidation sites excluding steroid dienone is 2. The lowest BCUT2D eigenvalue weighted by molar-refractivity contribution is -0.119. The Balaban J connectivity index is 1.36. The van der Waals surface area contributed by atoms with Crippen LogP contribution in [0.4, 0.5) is 15.0 Å². The van der Waals surface area contributed by atoms with Crippen LogP contribution in [0.1, 0.15) is 24.6 Å². The molecule has 5 aliphatic rings. The molecular weight excluding hydrogens is 437 g/mol. The van der Waals surface area contributed by atoms with E-state index < -0.39 is 27.5 Å². The molecule has 0 saturated carbocycles. The van der Waals surface area contributed by atoms with E-state index in [1.807, 2.05) is 23.1 Å². The summed E-state index contributed by atoms with van der Waals surface area (Å²) in [7, 11) is -2.54. The van der Waals surface area contributed by atoms with E-state index in [0.717, 1.165) is 0 Å². The van der Waals surface area contributed by atoms with Crippen LogP contribution in [0.3, 0.4) is 0 Å². The Morgan fingerprint density at radius 1 is 1.41 bits per heavy atom. The van der Waals surface area contributed by atoms with Gasteiger partial charge in [0.15, 0.2) is 0 Å². The quantitative estimate of drug-likeness (QED) is 0.662. The Morgan fingerprint density at radius 2 is 2.16 bits per heavy atom. The molecular formula is C21H22FN5O4S. The number of pyridine rings is 1. The second-order valence-electron chi connectivity index (χ2n) is 8.88. The van der Waals surface area contributed by atoms with E-state index in [-0.39, 0.29) is 35.8 Å². The van der Waals surface area contributed by atoms with Crippen LogP contribution in [0.5, 0.6) is 0 Å². The predicted molar refractivity (Wildman–Crippen MR) is 115 cm³/mol. The van der Waals surface area contributed by atoms with E-state index in [1.165, 1.54) is 6.92 Å². The fourth-order valence-electron chi connectivity index (χ4n) is 5.54. The molecule has 9 nitrogen and oxygen atoms in total. The van der Waals surface area contributed by atoms with Crippen molar-refractivity contribution >= 4 is 38.7 Å². The second-order valence-corrected chi connectivity index (χ2v) is 11.3. The molecule has 3 fully saturated rings. The van der Waals surface area contributed by atoms with Crippen molar-refractivity contribution in [2.24, 2.45) is 0 Å². The summed E-state index contributed by atoms with van der Waals surface area (Å²) in [5.74, 6) is 0.639. The molecule has 0 aromatic carbocycles. The molecule has 2 unspecified atom stereocenters. The first kappa shape index (κ1) is 19.7. The lowest BCUT2D eigenvalue weighted by Crippen LogP contribution is -2.40. The minimum absolute atomic E-state index is 0.177. The summed E-state index contributed by atoms with van der Waals surface area (Å²) in [5, 5.41) is 2.69. The number of cyclic esters (lactones) is 1. The monoisotopic (exact) mass is 459 g/mol. The Bertz CT molecular complexity index is 1240. The second kappa shape index (κ2) is 6.31. The van der Waals surface area contributed by atoms with Crippen LogP contribution in [-0.2, 0) is 19.3 Å². The summed E-state index contributed by atoms with van der Waals surface area (Å²) in [4.78, 5) is 32.3. The number of nitrogens with zero attached hydrogens (tertiary/aromatic N) is 3. The molecule has 3 atom stereocenters. The van der Waals surface area contributed by atoms with Gasteiger partial charge < -0.3 is 15.0 Å². The summed E-state index contributed by atoms with van der Waals surface area (Å²) in [5.41, 5.74) is 1.31. The van der Waals surface area contributed by atoms with Crippen molar-refractivity contribution < 1.29 is 22.9 Å². The standard InChI is InChI=1S/C21H22FN5O4S/c1-11(28)24-10-14-19-21(27(19)20(29)31-14)5-4-12-13-2-3-15(25-18(13)16(21)17(12)22)26-6-8-32(23,30)9-7-26/h2-4,14,19,23H,5-10H2,1H3,(H,24,28)/t14-,19?,21?,27?/m0/s1. The van der Waals surface area contributed by atoms with Crippen LogP contribution < -0.4 is 10.2 Å². The number of hydrogen-bond donors (Lipinski definition) is 2. The summed E-state index contributed by atoms with van der Waals surface area (Å²) in [6.45, 7) is 2.50. The van der Waals surface area contributed by atoms with Gasteiger partial charge in [0.05, 0.1) is 12.2 Å². The Kier molecular flexibility index (Phi) is 3.88. The van der Waals surface area contributed by atoms with E-state index in [1.54, 1.807) is 4.90 Å². The number of anilines is 1. The summed E-state index contributed by atoms with van der Waals surface area (Å²) in [6.07, 6.45) is 1.23. The summed E-state index contributed by atoms with van der Waals surface area (Å²) >= 11 is 0. The molecule has 168 valence electrons. The van der Waals surface area contributed by atoms with Crippen molar-refractivity contribution in [2.45, 2.75) is 31.0 Å². The van der Waals surface area contributed by atoms with Crippen LogP contribution in [-0.4, -0.2) is 74.9 Å². The van der Waals surface area contributed by atoms with E-state index >= 15 is 4.39 Å². The molecule has 1 aromatic heterocycles. The highest BCUT2D eigenvalue weighted by molar-refractivity contribution is 7.92. The molecule has 1 aromatic rings. The zero-order chi connectivity index (χ0) is 22.4. The van der Waals surface area contributed by atoms with Crippen molar-refractivity contribution in [3.63, 3.8) is 0 Å². The predicted octanol–water partition coefficient (Wildman–Crippen LogP) is 1.51. The number of amides is 2. The molecule has 2 bridgehead atoms. The summed E-state index contributed by atoms with van der Waals surface area (Å²) in [6, 6.07) is 3.32. The smallest absolute Gasteiger partial charge is 0.411 e. The average molecular weight is 460 g/mol. The third-order valence-electron chi connectivity index (χ3n) is 7.10. The number of carbonyl (C=O) groups excluding carboxylic acids is 2. The minimum Gasteiger partial charge on any atom is -0.442 e. The molecule has 4 heterocycles. The molecule has 32 heavy (non-hydrogen) atoms. The Labute approximate surface area is 184 Å². The molecule has 2 N–H and O–H groups in total. The van der Waals surface area contributed by atoms with Crippen molar-refractivity contribution in [2.75, 3.05) is 36.0 Å². The van der Waals surface area contributed by atoms with E-state index in [2.05, 4.69) is 5.32 Å². The van der Waals surface area contributed by atoms with E-state index in [9.17, 15) is 13.8 Å². The Hall–Kier alpha value is -2.95. The molecule has 3 saturated heterocycles. The fraction of sp³-hybridized carbons (Fsp3) is 0.476. The lowest BCUT2D eigenvalue weighted by Gasteiger charge is -2.29. The van der Waals surface area contributed by atoms with Crippen LogP contribution in [0, 0.1) is 4.78 Å². The van der Waals surface area contributed by atoms with Crippen molar-refractivity contribution in [1.29, 1.82) is 4.78 Å². The van der Waals surface area contributed by atoms with Gasteiger partial charge in [0.25, 0.3) is 0 Å². The number of rotatable bonds is 3. The largest absolute Gasteiger partial charge is 0.442 e. The third kappa shape index (κ3) is 2.54. The normalized spacial score (nSPS) is 31.3. The van der Waals surface area contributed by atoms with Gasteiger partial charge in [0, 0.05) is 58.0 Å². The highest BCUT2D eigenvalue weighted by Gasteiger charge is 2.77. The molecule has 3 aliphatic heterocycles. The SMILES string of the molecule is CC(=O)NC[C@@H]1OC(=O)N2C1C21CC=C2C(F)=C1c1nc(N3CCS(=N)(=O)CC3)ccc12. The maximum atomic E-state index is 15.6. The van der Waals surface area contributed by atoms with E-state index in [0.29, 0.717) is 47.7 Å². The van der Waals surface area contributed by atoms with Crippen LogP contribution in [0.25, 0.3) is 11.1 Å². The van der Waals surface area contributed by atoms with Gasteiger partial charge in [-0.2, -0.15) is 0 Å². The van der Waals surface area contributed by atoms with Gasteiger partial charge >= 0.3 is 6.09 Å². The molecule has 0 radical (unpaired) electrons. The number of aromatic nitrogens is 1. The number of halogens is 1. The number of carbonyl (C=O) groups is 2. The van der Waals surface area contributed by atoms with Gasteiger partial charge in [-0.15, -0.1) is 0 Å². The van der Waals surface area contributed by atoms with Gasteiger partial charge in [-0.3, -0.25) is 14.5 Å². The van der Waals surface area contributed by atoms with Crippen molar-refractivity contribution in [1.82, 2.24) is 15.2 Å². The van der Waals surface area contributed by atoms with Gasteiger partial charge in [-0.05, 0) is 18.6 Å². The van der Waals surface area contributed by atoms with Gasteiger partial charge in [0.1, 0.15) is 29.3 Å². The topological polar surface area (TPSA) is 115 Å². The first-order chi connectivity index (χ1) is 15.2. The molecule has 1 spiro atoms. The number of hydrogen-bond acceptors (Lipinski definition) is 7. The number of fused-ring (bicyclic) bond motifs is 8. The highest BCUT2D eigenvalue weighted by atomic mass is 32.2. The zero-order valence-electron chi connectivity index (χ0n) is 17.4. The minimum atomic E-state index is -2.54. The first-order valence-electron chi connectivity index (χ1n) is 10.6. The Morgan fingerprint density at radius 3 is 2.88 bits per heavy atom. The number of ether oxygens (including phenoxy) is 1. The van der Waals surface area contributed by atoms with Crippen molar-refractivity contribution in [3.05, 3.63) is 35.3 Å². The fourth-order valence-corrected chi connectivity index (χ4v) is 6.78. The maximum absolute atomic E-state index is 15.6. The first-order valence-corrected chi connectivity index (χ1v) is 12.5. The van der Waals surface area contributed by atoms with Crippen LogP contribution in [0.15, 0.2) is 24.0 Å². The number of nitrogens with one attached hydrogen (secondary N) is 2. The van der Waals surface area contributed by atoms with Gasteiger partial charge in [0.2, 0.25) is 5.91 Å². The van der Waals surface area contributed by atoms with Gasteiger partial charge in [-0.25, -0.2) is 18.4 Å². The molecule has 11 heteroatoms. The van der Waals surface area contributed by atoms with Gasteiger partial charge in [-0.1, -0.05) is 6.08 Å². The average Bonchev–Trinajstić information content (AvgIpc) is 3.18. The maximum Gasteiger partial charge on any atom is 0.411 e. The van der Waals surface area contributed by atoms with Crippen LogP contribution in [0.2, 0.25) is 0 Å². The highest BCUT2D eigenvalue weighted by Crippen LogP contribution is 2.65. The molecule has 2 aliphatic carbocycles. The summed E-state index contributed by atoms with van der Waals surface area (Å²) < 4.78 is 40.8. The van der Waals surface area contributed by atoms with Crippen LogP contribution >= 0.6 is 0 Å².